The lowest BCUT2D eigenvalue weighted by Crippen LogP contribution is -1.81. The van der Waals surface area contributed by atoms with E-state index in [-0.39, 0.29) is 5.75 Å². The molecule has 0 aliphatic heterocycles. The quantitative estimate of drug-likeness (QED) is 0.650. The van der Waals surface area contributed by atoms with E-state index in [1.807, 2.05) is 0 Å². The van der Waals surface area contributed by atoms with Gasteiger partial charge in [0, 0.05) is 23.2 Å². The molecule has 1 N–H and O–H groups in total. The van der Waals surface area contributed by atoms with Gasteiger partial charge in [-0.2, -0.15) is 4.39 Å². The van der Waals surface area contributed by atoms with Crippen LogP contribution in [0.25, 0.3) is 22.3 Å². The summed E-state index contributed by atoms with van der Waals surface area (Å²) >= 11 is 0. The van der Waals surface area contributed by atoms with Gasteiger partial charge < -0.3 is 9.52 Å². The van der Waals surface area contributed by atoms with Crippen LogP contribution in [0.5, 0.6) is 5.75 Å². The minimum absolute atomic E-state index is 0.172. The number of fused-ring (bicyclic) bond motifs is 1. The Bertz CT molecular complexity index is 691. The van der Waals surface area contributed by atoms with E-state index in [2.05, 4.69) is 4.98 Å². The number of benzene rings is 1. The van der Waals surface area contributed by atoms with E-state index in [9.17, 15) is 9.50 Å². The zero-order valence-corrected chi connectivity index (χ0v) is 8.72. The van der Waals surface area contributed by atoms with Crippen LogP contribution in [0.4, 0.5) is 4.39 Å². The SMILES string of the molecule is Oc1ccc2oc(-c3ccnc([18F])c3)cc2c1. The number of pyridine rings is 1. The first-order valence-electron chi connectivity index (χ1n) is 5.07. The Balaban J connectivity index is 2.18. The fourth-order valence-electron chi connectivity index (χ4n) is 1.73. The molecule has 0 saturated carbocycles. The van der Waals surface area contributed by atoms with Gasteiger partial charge in [-0.3, -0.25) is 0 Å². The predicted molar refractivity (Wildman–Crippen MR) is 61.1 cm³/mol. The minimum Gasteiger partial charge on any atom is -0.508 e. The third kappa shape index (κ3) is 1.73. The van der Waals surface area contributed by atoms with Crippen LogP contribution in [0.2, 0.25) is 0 Å². The van der Waals surface area contributed by atoms with E-state index < -0.39 is 5.95 Å². The van der Waals surface area contributed by atoms with E-state index in [1.165, 1.54) is 12.3 Å². The van der Waals surface area contributed by atoms with Crippen LogP contribution in [-0.4, -0.2) is 10.1 Å². The van der Waals surface area contributed by atoms with Crippen molar-refractivity contribution < 1.29 is 13.9 Å². The second-order valence-electron chi connectivity index (χ2n) is 3.70. The van der Waals surface area contributed by atoms with E-state index >= 15 is 0 Å². The molecule has 0 amide bonds. The molecule has 0 fully saturated rings. The normalized spacial score (nSPS) is 10.9. The fraction of sp³-hybridized carbons (Fsp3) is 0. The summed E-state index contributed by atoms with van der Waals surface area (Å²) in [7, 11) is 0. The van der Waals surface area contributed by atoms with E-state index in [0.29, 0.717) is 16.9 Å². The molecule has 0 radical (unpaired) electrons. The second kappa shape index (κ2) is 3.59. The average molecular weight is 228 g/mol. The van der Waals surface area contributed by atoms with Crippen molar-refractivity contribution in [3.63, 3.8) is 0 Å². The lowest BCUT2D eigenvalue weighted by Gasteiger charge is -1.94. The lowest BCUT2D eigenvalue weighted by molar-refractivity contribution is 0.476. The van der Waals surface area contributed by atoms with Crippen LogP contribution in [0, 0.1) is 5.95 Å². The lowest BCUT2D eigenvalue weighted by atomic mass is 10.2. The third-order valence-electron chi connectivity index (χ3n) is 2.51. The third-order valence-corrected chi connectivity index (χ3v) is 2.51. The van der Waals surface area contributed by atoms with Gasteiger partial charge in [-0.15, -0.1) is 0 Å². The standard InChI is InChI=1S/C13H8FNO2/c14-13-7-8(3-4-15-13)12-6-9-5-10(16)1-2-11(9)17-12/h1-7,16H/i14-1. The summed E-state index contributed by atoms with van der Waals surface area (Å²) in [4.78, 5) is 3.49. The van der Waals surface area contributed by atoms with Crippen LogP contribution in [-0.2, 0) is 0 Å². The topological polar surface area (TPSA) is 46.3 Å². The molecule has 3 nitrogen and oxygen atoms in total. The Morgan fingerprint density at radius 2 is 2.00 bits per heavy atom. The molecule has 0 atom stereocenters. The second-order valence-corrected chi connectivity index (χ2v) is 3.70. The molecular weight excluding hydrogens is 220 g/mol. The van der Waals surface area contributed by atoms with Crippen LogP contribution in [0.3, 0.4) is 0 Å². The van der Waals surface area contributed by atoms with Gasteiger partial charge in [-0.05, 0) is 30.3 Å². The van der Waals surface area contributed by atoms with Gasteiger partial charge in [0.2, 0.25) is 5.95 Å². The molecule has 4 heteroatoms. The molecule has 0 spiro atoms. The van der Waals surface area contributed by atoms with Gasteiger partial charge in [0.15, 0.2) is 0 Å². The minimum atomic E-state index is -0.550. The monoisotopic (exact) mass is 228 g/mol. The highest BCUT2D eigenvalue weighted by Crippen LogP contribution is 2.29. The maximum Gasteiger partial charge on any atom is 0.213 e. The van der Waals surface area contributed by atoms with Crippen molar-refractivity contribution in [3.05, 3.63) is 48.5 Å². The molecule has 84 valence electrons. The first kappa shape index (κ1) is 9.84. The number of nitrogens with zero attached hydrogens (tertiary/aromatic N) is 1. The number of phenols is 1. The Morgan fingerprint density at radius 1 is 1.12 bits per heavy atom. The molecule has 3 rings (SSSR count). The molecule has 2 aromatic heterocycles. The maximum atomic E-state index is 13.0. The van der Waals surface area contributed by atoms with Gasteiger partial charge >= 0.3 is 0 Å². The Kier molecular flexibility index (Phi) is 2.08. The van der Waals surface area contributed by atoms with Gasteiger partial charge in [0.1, 0.15) is 17.1 Å². The highest BCUT2D eigenvalue weighted by atomic mass is 18.2. The van der Waals surface area contributed by atoms with Crippen molar-refractivity contribution >= 4 is 11.0 Å². The molecule has 1 aromatic carbocycles. The summed E-state index contributed by atoms with van der Waals surface area (Å²) in [5.41, 5.74) is 1.27. The first-order chi connectivity index (χ1) is 8.22. The molecular formula is C13H8FNO2. The molecule has 0 saturated heterocycles. The van der Waals surface area contributed by atoms with E-state index in [0.717, 1.165) is 5.39 Å². The van der Waals surface area contributed by atoms with Crippen molar-refractivity contribution in [2.24, 2.45) is 0 Å². The van der Waals surface area contributed by atoms with Crippen LogP contribution < -0.4 is 0 Å². The van der Waals surface area contributed by atoms with Crippen molar-refractivity contribution in [1.82, 2.24) is 4.98 Å². The first-order valence-corrected chi connectivity index (χ1v) is 5.07. The number of halogens is 1. The number of aromatic hydroxyl groups is 1. The van der Waals surface area contributed by atoms with Crippen LogP contribution in [0.1, 0.15) is 0 Å². The number of hydrogen-bond acceptors (Lipinski definition) is 3. The van der Waals surface area contributed by atoms with Crippen molar-refractivity contribution in [2.75, 3.05) is 0 Å². The summed E-state index contributed by atoms with van der Waals surface area (Å²) in [6.07, 6.45) is 1.38. The maximum absolute atomic E-state index is 13.0. The van der Waals surface area contributed by atoms with Crippen molar-refractivity contribution in [1.29, 1.82) is 0 Å². The summed E-state index contributed by atoms with van der Waals surface area (Å²) in [6, 6.07) is 9.54. The summed E-state index contributed by atoms with van der Waals surface area (Å²) in [5, 5.41) is 10.1. The fourth-order valence-corrected chi connectivity index (χ4v) is 1.73. The smallest absolute Gasteiger partial charge is 0.213 e. The van der Waals surface area contributed by atoms with Crippen LogP contribution in [0.15, 0.2) is 47.0 Å². The van der Waals surface area contributed by atoms with Gasteiger partial charge in [0.05, 0.1) is 0 Å². The Labute approximate surface area is 96.1 Å². The Hall–Kier alpha value is -2.36. The zero-order valence-electron chi connectivity index (χ0n) is 8.72. The molecule has 17 heavy (non-hydrogen) atoms. The molecule has 3 aromatic rings. The number of phenolic OH excluding ortho intramolecular Hbond substituents is 1. The molecule has 0 unspecified atom stereocenters. The summed E-state index contributed by atoms with van der Waals surface area (Å²) < 4.78 is 18.5. The number of aromatic nitrogens is 1. The zero-order chi connectivity index (χ0) is 11.8. The summed E-state index contributed by atoms with van der Waals surface area (Å²) in [6.45, 7) is 0. The molecule has 0 aliphatic carbocycles. The van der Waals surface area contributed by atoms with E-state index in [1.54, 1.807) is 30.3 Å². The molecule has 0 bridgehead atoms. The largest absolute Gasteiger partial charge is 0.508 e. The Morgan fingerprint density at radius 3 is 2.82 bits per heavy atom. The van der Waals surface area contributed by atoms with Crippen molar-refractivity contribution in [3.8, 4) is 17.1 Å². The van der Waals surface area contributed by atoms with E-state index in [4.69, 9.17) is 4.42 Å². The molecule has 2 heterocycles. The number of hydrogen-bond donors (Lipinski definition) is 1. The number of furan rings is 1. The molecule has 0 aliphatic rings. The highest BCUT2D eigenvalue weighted by Gasteiger charge is 2.07. The van der Waals surface area contributed by atoms with Gasteiger partial charge in [-0.25, -0.2) is 4.98 Å². The number of rotatable bonds is 1. The summed E-state index contributed by atoms with van der Waals surface area (Å²) in [5.74, 6) is 0.170. The van der Waals surface area contributed by atoms with Gasteiger partial charge in [0.25, 0.3) is 0 Å². The highest BCUT2D eigenvalue weighted by molar-refractivity contribution is 5.83. The van der Waals surface area contributed by atoms with Gasteiger partial charge in [-0.1, -0.05) is 0 Å². The predicted octanol–water partition coefficient (Wildman–Crippen LogP) is 3.34. The average Bonchev–Trinajstić information content (AvgIpc) is 2.72. The van der Waals surface area contributed by atoms with Crippen LogP contribution >= 0.6 is 0 Å². The van der Waals surface area contributed by atoms with Crippen molar-refractivity contribution in [2.45, 2.75) is 0 Å².